The topological polar surface area (TPSA) is 118 Å². The van der Waals surface area contributed by atoms with E-state index in [0.29, 0.717) is 16.9 Å². The molecule has 2 aromatic carbocycles. The molecule has 0 saturated carbocycles. The predicted molar refractivity (Wildman–Crippen MR) is 78.7 cm³/mol. The van der Waals surface area contributed by atoms with E-state index in [9.17, 15) is 9.00 Å². The van der Waals surface area contributed by atoms with Gasteiger partial charge in [0.1, 0.15) is 0 Å². The normalized spacial score (nSPS) is 11.8. The SMILES string of the molecule is Nc1ccc(C(=O)Nc2ccc(N)c(S(=O)O)c2)cc1. The van der Waals surface area contributed by atoms with Crippen molar-refractivity contribution in [1.29, 1.82) is 0 Å². The second-order valence-corrected chi connectivity index (χ2v) is 5.02. The van der Waals surface area contributed by atoms with Crippen molar-refractivity contribution in [1.82, 2.24) is 0 Å². The number of hydrogen-bond acceptors (Lipinski definition) is 4. The van der Waals surface area contributed by atoms with E-state index >= 15 is 0 Å². The summed E-state index contributed by atoms with van der Waals surface area (Å²) in [5.74, 6) is -0.343. The minimum atomic E-state index is -2.21. The molecule has 6 nitrogen and oxygen atoms in total. The largest absolute Gasteiger partial charge is 0.399 e. The number of nitrogen functional groups attached to an aromatic ring is 2. The maximum atomic E-state index is 12.0. The van der Waals surface area contributed by atoms with E-state index in [0.717, 1.165) is 0 Å². The number of rotatable bonds is 3. The summed E-state index contributed by atoms with van der Waals surface area (Å²) < 4.78 is 20.1. The first-order valence-electron chi connectivity index (χ1n) is 5.64. The minimum Gasteiger partial charge on any atom is -0.399 e. The number of anilines is 3. The van der Waals surface area contributed by atoms with E-state index in [1.807, 2.05) is 0 Å². The lowest BCUT2D eigenvalue weighted by Crippen LogP contribution is -2.12. The Balaban J connectivity index is 2.21. The highest BCUT2D eigenvalue weighted by Gasteiger charge is 2.10. The van der Waals surface area contributed by atoms with Crippen LogP contribution in [-0.4, -0.2) is 14.7 Å². The van der Waals surface area contributed by atoms with Crippen molar-refractivity contribution in [2.75, 3.05) is 16.8 Å². The molecule has 7 heteroatoms. The summed E-state index contributed by atoms with van der Waals surface area (Å²) in [5, 5.41) is 2.62. The zero-order chi connectivity index (χ0) is 14.7. The third-order valence-corrected chi connectivity index (χ3v) is 3.36. The molecule has 0 aliphatic rings. The molecule has 104 valence electrons. The van der Waals surface area contributed by atoms with E-state index < -0.39 is 11.1 Å². The highest BCUT2D eigenvalue weighted by Crippen LogP contribution is 2.21. The highest BCUT2D eigenvalue weighted by atomic mass is 32.2. The van der Waals surface area contributed by atoms with Gasteiger partial charge in [0.2, 0.25) is 0 Å². The lowest BCUT2D eigenvalue weighted by Gasteiger charge is -2.08. The Hall–Kier alpha value is -2.38. The van der Waals surface area contributed by atoms with Crippen LogP contribution in [0, 0.1) is 0 Å². The van der Waals surface area contributed by atoms with Gasteiger partial charge in [-0.25, -0.2) is 4.21 Å². The summed E-state index contributed by atoms with van der Waals surface area (Å²) in [7, 11) is 0. The van der Waals surface area contributed by atoms with Crippen LogP contribution in [-0.2, 0) is 11.1 Å². The molecular weight excluding hydrogens is 278 g/mol. The molecule has 2 aromatic rings. The minimum absolute atomic E-state index is 0.0557. The quantitative estimate of drug-likeness (QED) is 0.507. The third-order valence-electron chi connectivity index (χ3n) is 2.63. The summed E-state index contributed by atoms with van der Waals surface area (Å²) in [5.41, 5.74) is 12.7. The fourth-order valence-corrected chi connectivity index (χ4v) is 2.10. The van der Waals surface area contributed by atoms with Crippen molar-refractivity contribution in [3.63, 3.8) is 0 Å². The lowest BCUT2D eigenvalue weighted by atomic mass is 10.2. The number of amides is 1. The molecule has 20 heavy (non-hydrogen) atoms. The standard InChI is InChI=1S/C13H13N3O3S/c14-9-3-1-8(2-4-9)13(17)16-10-5-6-11(15)12(7-10)20(18)19/h1-7H,14-15H2,(H,16,17)(H,18,19). The van der Waals surface area contributed by atoms with Crippen LogP contribution in [0.5, 0.6) is 0 Å². The first-order valence-corrected chi connectivity index (χ1v) is 6.75. The first-order chi connectivity index (χ1) is 9.47. The van der Waals surface area contributed by atoms with Crippen LogP contribution in [0.1, 0.15) is 10.4 Å². The molecule has 1 amide bonds. The Bertz CT molecular complexity index is 671. The Kier molecular flexibility index (Phi) is 4.02. The van der Waals surface area contributed by atoms with Gasteiger partial charge in [-0.3, -0.25) is 4.79 Å². The number of nitrogens with two attached hydrogens (primary N) is 2. The smallest absolute Gasteiger partial charge is 0.255 e. The van der Waals surface area contributed by atoms with Crippen LogP contribution < -0.4 is 16.8 Å². The van der Waals surface area contributed by atoms with Gasteiger partial charge in [-0.2, -0.15) is 0 Å². The van der Waals surface area contributed by atoms with Crippen molar-refractivity contribution < 1.29 is 13.6 Å². The summed E-state index contributed by atoms with van der Waals surface area (Å²) in [6.07, 6.45) is 0. The zero-order valence-corrected chi connectivity index (χ0v) is 11.2. The summed E-state index contributed by atoms with van der Waals surface area (Å²) >= 11 is -2.21. The van der Waals surface area contributed by atoms with Gasteiger partial charge in [0.15, 0.2) is 11.1 Å². The summed E-state index contributed by atoms with van der Waals surface area (Å²) in [6, 6.07) is 10.8. The molecule has 0 saturated heterocycles. The van der Waals surface area contributed by atoms with Gasteiger partial charge >= 0.3 is 0 Å². The molecule has 0 aliphatic carbocycles. The Morgan fingerprint density at radius 1 is 1.10 bits per heavy atom. The second kappa shape index (κ2) is 5.72. The number of hydrogen-bond donors (Lipinski definition) is 4. The number of carbonyl (C=O) groups excluding carboxylic acids is 1. The Morgan fingerprint density at radius 3 is 2.35 bits per heavy atom. The molecule has 0 heterocycles. The van der Waals surface area contributed by atoms with E-state index in [4.69, 9.17) is 16.0 Å². The van der Waals surface area contributed by atoms with Crippen LogP contribution in [0.4, 0.5) is 17.1 Å². The van der Waals surface area contributed by atoms with Crippen molar-refractivity contribution in [2.24, 2.45) is 0 Å². The molecule has 1 atom stereocenters. The fourth-order valence-electron chi connectivity index (χ4n) is 1.60. The van der Waals surface area contributed by atoms with Crippen LogP contribution >= 0.6 is 0 Å². The third kappa shape index (κ3) is 3.14. The molecule has 0 bridgehead atoms. The van der Waals surface area contributed by atoms with E-state index in [2.05, 4.69) is 5.32 Å². The highest BCUT2D eigenvalue weighted by molar-refractivity contribution is 7.79. The number of benzene rings is 2. The average molecular weight is 291 g/mol. The summed E-state index contributed by atoms with van der Waals surface area (Å²) in [6.45, 7) is 0. The summed E-state index contributed by atoms with van der Waals surface area (Å²) in [4.78, 5) is 12.0. The maximum Gasteiger partial charge on any atom is 0.255 e. The van der Waals surface area contributed by atoms with Crippen molar-refractivity contribution >= 4 is 34.0 Å². The fraction of sp³-hybridized carbons (Fsp3) is 0. The Labute approximate surface area is 118 Å². The number of carbonyl (C=O) groups is 1. The van der Waals surface area contributed by atoms with Gasteiger partial charge < -0.3 is 21.3 Å². The van der Waals surface area contributed by atoms with Gasteiger partial charge in [0.25, 0.3) is 5.91 Å². The molecule has 0 aromatic heterocycles. The van der Waals surface area contributed by atoms with Crippen LogP contribution in [0.3, 0.4) is 0 Å². The molecule has 0 radical (unpaired) electrons. The van der Waals surface area contributed by atoms with Gasteiger partial charge in [-0.1, -0.05) is 0 Å². The molecule has 1 unspecified atom stereocenters. The molecule has 0 fully saturated rings. The molecule has 6 N–H and O–H groups in total. The van der Waals surface area contributed by atoms with Crippen LogP contribution in [0.15, 0.2) is 47.4 Å². The van der Waals surface area contributed by atoms with Crippen molar-refractivity contribution in [3.8, 4) is 0 Å². The van der Waals surface area contributed by atoms with Gasteiger partial charge in [-0.15, -0.1) is 0 Å². The van der Waals surface area contributed by atoms with E-state index in [1.165, 1.54) is 12.1 Å². The number of nitrogens with one attached hydrogen (secondary N) is 1. The van der Waals surface area contributed by atoms with Crippen molar-refractivity contribution in [2.45, 2.75) is 4.90 Å². The lowest BCUT2D eigenvalue weighted by molar-refractivity contribution is 0.102. The molecular formula is C13H13N3O3S. The van der Waals surface area contributed by atoms with Crippen LogP contribution in [0.25, 0.3) is 0 Å². The van der Waals surface area contributed by atoms with Crippen molar-refractivity contribution in [3.05, 3.63) is 48.0 Å². The van der Waals surface area contributed by atoms with Gasteiger partial charge in [-0.05, 0) is 42.5 Å². The first kappa shape index (κ1) is 14.0. The van der Waals surface area contributed by atoms with Gasteiger partial charge in [0, 0.05) is 16.9 Å². The zero-order valence-electron chi connectivity index (χ0n) is 10.4. The van der Waals surface area contributed by atoms with E-state index in [-0.39, 0.29) is 16.5 Å². The second-order valence-electron chi connectivity index (χ2n) is 4.08. The average Bonchev–Trinajstić information content (AvgIpc) is 2.41. The monoisotopic (exact) mass is 291 g/mol. The molecule has 0 aliphatic heterocycles. The maximum absolute atomic E-state index is 12.0. The Morgan fingerprint density at radius 2 is 1.75 bits per heavy atom. The molecule has 0 spiro atoms. The van der Waals surface area contributed by atoms with Gasteiger partial charge in [0.05, 0.1) is 10.6 Å². The van der Waals surface area contributed by atoms with Crippen LogP contribution in [0.2, 0.25) is 0 Å². The molecule has 2 rings (SSSR count). The van der Waals surface area contributed by atoms with E-state index in [1.54, 1.807) is 30.3 Å². The predicted octanol–water partition coefficient (Wildman–Crippen LogP) is 1.68.